The highest BCUT2D eigenvalue weighted by atomic mass is 28.4. The zero-order valence-electron chi connectivity index (χ0n) is 17.9. The molecule has 0 amide bonds. The quantitative estimate of drug-likeness (QED) is 0.458. The molecular formula is C22H36O4Si. The van der Waals surface area contributed by atoms with Gasteiger partial charge >= 0.3 is 5.97 Å². The molecular weight excluding hydrogens is 356 g/mol. The van der Waals surface area contributed by atoms with E-state index >= 15 is 0 Å². The number of carbonyl (C=O) groups excluding carboxylic acids is 2. The van der Waals surface area contributed by atoms with Crippen molar-refractivity contribution < 1.29 is 18.8 Å². The fourth-order valence-electron chi connectivity index (χ4n) is 5.92. The van der Waals surface area contributed by atoms with Crippen molar-refractivity contribution in [3.05, 3.63) is 11.8 Å². The number of ketones is 1. The molecule has 3 aliphatic rings. The second kappa shape index (κ2) is 7.14. The second-order valence-electron chi connectivity index (χ2n) is 10.4. The lowest BCUT2D eigenvalue weighted by atomic mass is 9.62. The summed E-state index contributed by atoms with van der Waals surface area (Å²) in [7, 11) is -1.85. The molecule has 0 N–H and O–H groups in total. The van der Waals surface area contributed by atoms with Crippen molar-refractivity contribution in [2.24, 2.45) is 23.2 Å². The Morgan fingerprint density at radius 3 is 2.63 bits per heavy atom. The van der Waals surface area contributed by atoms with Gasteiger partial charge in [0, 0.05) is 18.8 Å². The van der Waals surface area contributed by atoms with Gasteiger partial charge in [-0.15, -0.1) is 0 Å². The van der Waals surface area contributed by atoms with E-state index in [1.165, 1.54) is 6.42 Å². The summed E-state index contributed by atoms with van der Waals surface area (Å²) in [4.78, 5) is 24.7. The summed E-state index contributed by atoms with van der Waals surface area (Å²) in [5, 5.41) is 0. The Morgan fingerprint density at radius 2 is 1.96 bits per heavy atom. The maximum atomic E-state index is 12.4. The maximum absolute atomic E-state index is 12.4. The zero-order valence-corrected chi connectivity index (χ0v) is 18.9. The molecule has 1 aliphatic heterocycles. The van der Waals surface area contributed by atoms with E-state index in [0.29, 0.717) is 17.6 Å². The summed E-state index contributed by atoms with van der Waals surface area (Å²) in [6, 6.07) is 0. The highest BCUT2D eigenvalue weighted by molar-refractivity contribution is 6.70. The first-order valence-corrected chi connectivity index (χ1v) is 14.0. The van der Waals surface area contributed by atoms with E-state index in [4.69, 9.17) is 9.16 Å². The average molecular weight is 393 g/mol. The molecule has 5 atom stereocenters. The number of fused-ring (bicyclic) bond motifs is 1. The topological polar surface area (TPSA) is 52.6 Å². The number of allylic oxidation sites excluding steroid dienone is 1. The molecule has 2 fully saturated rings. The van der Waals surface area contributed by atoms with Crippen LogP contribution in [0.5, 0.6) is 0 Å². The van der Waals surface area contributed by atoms with Gasteiger partial charge in [-0.1, -0.05) is 13.8 Å². The normalized spacial score (nSPS) is 37.8. The third-order valence-electron chi connectivity index (χ3n) is 7.05. The van der Waals surface area contributed by atoms with Gasteiger partial charge in [0.2, 0.25) is 0 Å². The van der Waals surface area contributed by atoms with E-state index < -0.39 is 13.9 Å². The van der Waals surface area contributed by atoms with Gasteiger partial charge in [0.25, 0.3) is 0 Å². The molecule has 0 bridgehead atoms. The number of Topliss-reactive ketones (excluding diaryl/α,β-unsaturated/α-hetero) is 1. The Hall–Kier alpha value is -0.943. The lowest BCUT2D eigenvalue weighted by Gasteiger charge is -2.42. The minimum absolute atomic E-state index is 0.172. The van der Waals surface area contributed by atoms with Gasteiger partial charge in [-0.05, 0) is 82.0 Å². The number of esters is 1. The summed E-state index contributed by atoms with van der Waals surface area (Å²) in [5.41, 5.74) is -0.756. The molecule has 2 aliphatic carbocycles. The molecule has 152 valence electrons. The van der Waals surface area contributed by atoms with E-state index in [-0.39, 0.29) is 17.3 Å². The van der Waals surface area contributed by atoms with Crippen LogP contribution in [0, 0.1) is 23.2 Å². The third-order valence-corrected chi connectivity index (χ3v) is 8.09. The first-order valence-electron chi connectivity index (χ1n) is 10.6. The van der Waals surface area contributed by atoms with Crippen LogP contribution < -0.4 is 0 Å². The van der Waals surface area contributed by atoms with Crippen molar-refractivity contribution in [1.29, 1.82) is 0 Å². The van der Waals surface area contributed by atoms with Crippen molar-refractivity contribution in [3.8, 4) is 0 Å². The minimum atomic E-state index is -1.85. The Morgan fingerprint density at radius 1 is 1.26 bits per heavy atom. The van der Waals surface area contributed by atoms with Gasteiger partial charge < -0.3 is 9.16 Å². The molecule has 2 saturated carbocycles. The standard InChI is InChI=1S/C22H36O4Si/c1-15(17-11-12-18-19(23)8-7-13-21(17,18)2)9-10-16-14-22(3,20(24)25-16)26-27(4,5)6/h14-15,17-18H,7-13H2,1-6H3/t15-,17-,18?,21-,22+/m1/s1. The van der Waals surface area contributed by atoms with E-state index in [1.54, 1.807) is 0 Å². The maximum Gasteiger partial charge on any atom is 0.346 e. The summed E-state index contributed by atoms with van der Waals surface area (Å²) in [5.74, 6) is 2.36. The predicted molar refractivity (Wildman–Crippen MR) is 109 cm³/mol. The number of carbonyl (C=O) groups is 2. The molecule has 0 aromatic heterocycles. The van der Waals surface area contributed by atoms with Crippen LogP contribution >= 0.6 is 0 Å². The number of cyclic esters (lactones) is 1. The minimum Gasteiger partial charge on any atom is -0.429 e. The molecule has 3 rings (SSSR count). The number of rotatable bonds is 6. The van der Waals surface area contributed by atoms with Crippen molar-refractivity contribution in [2.75, 3.05) is 0 Å². The van der Waals surface area contributed by atoms with E-state index in [9.17, 15) is 9.59 Å². The number of ether oxygens (including phenoxy) is 1. The van der Waals surface area contributed by atoms with Crippen molar-refractivity contribution >= 4 is 20.1 Å². The molecule has 27 heavy (non-hydrogen) atoms. The van der Waals surface area contributed by atoms with Gasteiger partial charge in [-0.25, -0.2) is 4.79 Å². The van der Waals surface area contributed by atoms with E-state index in [1.807, 2.05) is 13.0 Å². The predicted octanol–water partition coefficient (Wildman–Crippen LogP) is 5.24. The van der Waals surface area contributed by atoms with Crippen molar-refractivity contribution in [2.45, 2.75) is 91.0 Å². The van der Waals surface area contributed by atoms with Gasteiger partial charge in [-0.2, -0.15) is 0 Å². The fraction of sp³-hybridized carbons (Fsp3) is 0.818. The van der Waals surface area contributed by atoms with E-state index in [2.05, 4.69) is 33.5 Å². The van der Waals surface area contributed by atoms with Crippen LogP contribution in [0.1, 0.15) is 65.7 Å². The third kappa shape index (κ3) is 4.09. The summed E-state index contributed by atoms with van der Waals surface area (Å²) in [6.07, 6.45) is 8.87. The second-order valence-corrected chi connectivity index (χ2v) is 14.8. The van der Waals surface area contributed by atoms with E-state index in [0.717, 1.165) is 44.3 Å². The average Bonchev–Trinajstić information content (AvgIpc) is 3.01. The van der Waals surface area contributed by atoms with Crippen LogP contribution in [0.2, 0.25) is 19.6 Å². The monoisotopic (exact) mass is 392 g/mol. The summed E-state index contributed by atoms with van der Waals surface area (Å²) >= 11 is 0. The van der Waals surface area contributed by atoms with Gasteiger partial charge in [0.05, 0.1) is 0 Å². The molecule has 1 heterocycles. The molecule has 1 unspecified atom stereocenters. The lowest BCUT2D eigenvalue weighted by Crippen LogP contribution is -2.43. The van der Waals surface area contributed by atoms with Crippen LogP contribution in [0.15, 0.2) is 11.8 Å². The highest BCUT2D eigenvalue weighted by Gasteiger charge is 2.52. The highest BCUT2D eigenvalue weighted by Crippen LogP contribution is 2.57. The van der Waals surface area contributed by atoms with Crippen molar-refractivity contribution in [3.63, 3.8) is 0 Å². The summed E-state index contributed by atoms with van der Waals surface area (Å²) in [6.45, 7) is 12.7. The first-order chi connectivity index (χ1) is 12.4. The molecule has 4 nitrogen and oxygen atoms in total. The molecule has 0 aromatic carbocycles. The van der Waals surface area contributed by atoms with Gasteiger partial charge in [-0.3, -0.25) is 4.79 Å². The van der Waals surface area contributed by atoms with Gasteiger partial charge in [0.15, 0.2) is 13.9 Å². The van der Waals surface area contributed by atoms with Crippen molar-refractivity contribution in [1.82, 2.24) is 0 Å². The molecule has 0 radical (unpaired) electrons. The van der Waals surface area contributed by atoms with Crippen LogP contribution in [0.4, 0.5) is 0 Å². The number of hydrogen-bond acceptors (Lipinski definition) is 4. The molecule has 5 heteroatoms. The molecule has 0 spiro atoms. The largest absolute Gasteiger partial charge is 0.429 e. The Bertz CT molecular complexity index is 649. The van der Waals surface area contributed by atoms with Gasteiger partial charge in [0.1, 0.15) is 11.5 Å². The number of hydrogen-bond donors (Lipinski definition) is 0. The smallest absolute Gasteiger partial charge is 0.346 e. The van der Waals surface area contributed by atoms with Crippen LogP contribution in [-0.4, -0.2) is 25.7 Å². The fourth-order valence-corrected chi connectivity index (χ4v) is 7.34. The first kappa shape index (κ1) is 20.8. The Labute approximate surface area is 165 Å². The SMILES string of the molecule is C[C@H](CCC1=C[C@](C)(O[Si](C)(C)C)C(=O)O1)[C@H]1CCC2C(=O)CCC[C@@]21C. The lowest BCUT2D eigenvalue weighted by molar-refractivity contribution is -0.149. The van der Waals surface area contributed by atoms with Crippen LogP contribution in [0.25, 0.3) is 0 Å². The Kier molecular flexibility index (Phi) is 5.50. The van der Waals surface area contributed by atoms with Crippen LogP contribution in [-0.2, 0) is 18.8 Å². The Balaban J connectivity index is 1.62. The summed E-state index contributed by atoms with van der Waals surface area (Å²) < 4.78 is 11.6. The molecule has 0 saturated heterocycles. The molecule has 0 aromatic rings. The van der Waals surface area contributed by atoms with Crippen LogP contribution in [0.3, 0.4) is 0 Å². The zero-order chi connectivity index (χ0) is 20.0.